The molecule has 0 saturated carbocycles. The van der Waals surface area contributed by atoms with Crippen LogP contribution in [0.5, 0.6) is 5.75 Å². The van der Waals surface area contributed by atoms with Crippen molar-refractivity contribution in [1.82, 2.24) is 20.2 Å². The molecule has 5 rings (SSSR count). The molecule has 0 spiro atoms. The van der Waals surface area contributed by atoms with Crippen LogP contribution in [-0.4, -0.2) is 27.3 Å². The van der Waals surface area contributed by atoms with E-state index < -0.39 is 0 Å². The Hall–Kier alpha value is -3.60. The van der Waals surface area contributed by atoms with E-state index in [1.165, 1.54) is 11.1 Å². The largest absolute Gasteiger partial charge is 0.497 e. The summed E-state index contributed by atoms with van der Waals surface area (Å²) >= 11 is 0. The fraction of sp³-hybridized carbons (Fsp3) is 0.130. The number of nitrogens with zero attached hydrogens (tertiary/aromatic N) is 2. The first-order chi connectivity index (χ1) is 13.8. The minimum Gasteiger partial charge on any atom is -0.497 e. The predicted octanol–water partition coefficient (Wildman–Crippen LogP) is 4.36. The zero-order valence-corrected chi connectivity index (χ0v) is 15.5. The molecule has 4 aromatic rings. The molecule has 1 aliphatic carbocycles. The normalized spacial score (nSPS) is 18.0. The van der Waals surface area contributed by atoms with Gasteiger partial charge in [0.1, 0.15) is 11.4 Å². The van der Waals surface area contributed by atoms with Gasteiger partial charge in [-0.25, -0.2) is 4.98 Å². The first kappa shape index (κ1) is 16.6. The molecular formula is C23H20N4O. The lowest BCUT2D eigenvalue weighted by molar-refractivity contribution is 0.414. The highest BCUT2D eigenvalue weighted by atomic mass is 16.5. The van der Waals surface area contributed by atoms with Gasteiger partial charge >= 0.3 is 0 Å². The number of aromatic nitrogens is 4. The molecular weight excluding hydrogens is 348 g/mol. The number of imidazole rings is 1. The number of allylic oxidation sites excluding steroid dienone is 1. The Morgan fingerprint density at radius 1 is 1.00 bits per heavy atom. The van der Waals surface area contributed by atoms with Crippen LogP contribution >= 0.6 is 0 Å². The summed E-state index contributed by atoms with van der Waals surface area (Å²) in [5.74, 6) is 1.63. The fourth-order valence-electron chi connectivity index (χ4n) is 4.03. The van der Waals surface area contributed by atoms with E-state index in [2.05, 4.69) is 74.8 Å². The molecule has 2 aromatic heterocycles. The molecule has 1 aliphatic rings. The van der Waals surface area contributed by atoms with E-state index >= 15 is 0 Å². The SMILES string of the molecule is COc1ccc(C2(c3ccccc3)C=Cc3c(-c4ncc[nH]4)n[nH]c3C2)cc1. The van der Waals surface area contributed by atoms with E-state index in [1.807, 2.05) is 18.3 Å². The Labute approximate surface area is 163 Å². The number of aromatic amines is 2. The third kappa shape index (κ3) is 2.55. The number of hydrogen-bond donors (Lipinski definition) is 2. The number of nitrogens with one attached hydrogen (secondary N) is 2. The van der Waals surface area contributed by atoms with Gasteiger partial charge < -0.3 is 9.72 Å². The molecule has 0 amide bonds. The van der Waals surface area contributed by atoms with Gasteiger partial charge in [0.25, 0.3) is 0 Å². The third-order valence-electron chi connectivity index (χ3n) is 5.49. The smallest absolute Gasteiger partial charge is 0.158 e. The molecule has 2 heterocycles. The average molecular weight is 368 g/mol. The number of ether oxygens (including phenoxy) is 1. The maximum absolute atomic E-state index is 5.35. The lowest BCUT2D eigenvalue weighted by Gasteiger charge is -2.34. The second kappa shape index (κ2) is 6.53. The van der Waals surface area contributed by atoms with Crippen molar-refractivity contribution < 1.29 is 4.74 Å². The van der Waals surface area contributed by atoms with Crippen LogP contribution in [0.1, 0.15) is 22.4 Å². The topological polar surface area (TPSA) is 66.6 Å². The van der Waals surface area contributed by atoms with Crippen molar-refractivity contribution in [3.8, 4) is 17.3 Å². The molecule has 0 aliphatic heterocycles. The number of hydrogen-bond acceptors (Lipinski definition) is 3. The van der Waals surface area contributed by atoms with Gasteiger partial charge in [-0.05, 0) is 23.3 Å². The summed E-state index contributed by atoms with van der Waals surface area (Å²) in [5, 5.41) is 7.78. The van der Waals surface area contributed by atoms with E-state index in [1.54, 1.807) is 13.3 Å². The fourth-order valence-corrected chi connectivity index (χ4v) is 4.03. The Morgan fingerprint density at radius 2 is 1.79 bits per heavy atom. The zero-order valence-electron chi connectivity index (χ0n) is 15.5. The highest BCUT2D eigenvalue weighted by Gasteiger charge is 2.36. The van der Waals surface area contributed by atoms with Crippen molar-refractivity contribution in [2.24, 2.45) is 0 Å². The molecule has 28 heavy (non-hydrogen) atoms. The lowest BCUT2D eigenvalue weighted by atomic mass is 9.68. The molecule has 0 saturated heterocycles. The third-order valence-corrected chi connectivity index (χ3v) is 5.49. The number of fused-ring (bicyclic) bond motifs is 1. The Morgan fingerprint density at radius 3 is 2.50 bits per heavy atom. The average Bonchev–Trinajstić information content (AvgIpc) is 3.43. The molecule has 1 atom stereocenters. The van der Waals surface area contributed by atoms with E-state index in [9.17, 15) is 0 Å². The van der Waals surface area contributed by atoms with Crippen LogP contribution in [0.15, 0.2) is 73.1 Å². The first-order valence-corrected chi connectivity index (χ1v) is 9.26. The van der Waals surface area contributed by atoms with Crippen molar-refractivity contribution >= 4 is 6.08 Å². The molecule has 0 bridgehead atoms. The molecule has 5 nitrogen and oxygen atoms in total. The van der Waals surface area contributed by atoms with E-state index in [4.69, 9.17) is 4.74 Å². The molecule has 0 fully saturated rings. The van der Waals surface area contributed by atoms with Crippen molar-refractivity contribution in [3.05, 3.63) is 95.5 Å². The van der Waals surface area contributed by atoms with Crippen molar-refractivity contribution in [3.63, 3.8) is 0 Å². The molecule has 138 valence electrons. The Bertz CT molecular complexity index is 1110. The van der Waals surface area contributed by atoms with Gasteiger partial charge in [0.05, 0.1) is 7.11 Å². The predicted molar refractivity (Wildman–Crippen MR) is 109 cm³/mol. The second-order valence-electron chi connectivity index (χ2n) is 6.98. The van der Waals surface area contributed by atoms with Crippen LogP contribution in [0.3, 0.4) is 0 Å². The minimum absolute atomic E-state index is 0.270. The van der Waals surface area contributed by atoms with E-state index in [0.29, 0.717) is 0 Å². The van der Waals surface area contributed by atoms with Gasteiger partial charge in [-0.15, -0.1) is 0 Å². The maximum atomic E-state index is 5.35. The zero-order chi connectivity index (χ0) is 19.0. The van der Waals surface area contributed by atoms with Gasteiger partial charge in [0.2, 0.25) is 0 Å². The highest BCUT2D eigenvalue weighted by Crippen LogP contribution is 2.43. The lowest BCUT2D eigenvalue weighted by Crippen LogP contribution is -2.30. The number of methoxy groups -OCH3 is 1. The summed E-state index contributed by atoms with van der Waals surface area (Å²) in [6.45, 7) is 0. The van der Waals surface area contributed by atoms with E-state index in [-0.39, 0.29) is 5.41 Å². The standard InChI is InChI=1S/C23H20N4O/c1-28-18-9-7-17(8-10-18)23(16-5-3-2-4-6-16)12-11-19-20(15-23)26-27-21(19)22-24-13-14-25-22/h2-14H,15H2,1H3,(H,24,25)(H,26,27). The molecule has 5 heteroatoms. The monoisotopic (exact) mass is 368 g/mol. The summed E-state index contributed by atoms with van der Waals surface area (Å²) in [6, 6.07) is 18.9. The van der Waals surface area contributed by atoms with Gasteiger partial charge in [0, 0.05) is 35.5 Å². The number of H-pyrrole nitrogens is 2. The summed E-state index contributed by atoms with van der Waals surface area (Å²) in [7, 11) is 1.69. The minimum atomic E-state index is -0.270. The van der Waals surface area contributed by atoms with Crippen LogP contribution in [0.4, 0.5) is 0 Å². The Balaban J connectivity index is 1.65. The molecule has 2 N–H and O–H groups in total. The van der Waals surface area contributed by atoms with Crippen LogP contribution < -0.4 is 4.74 Å². The highest BCUT2D eigenvalue weighted by molar-refractivity contribution is 5.73. The van der Waals surface area contributed by atoms with Gasteiger partial charge in [-0.3, -0.25) is 5.10 Å². The van der Waals surface area contributed by atoms with Crippen molar-refractivity contribution in [2.75, 3.05) is 7.11 Å². The van der Waals surface area contributed by atoms with Crippen LogP contribution in [0, 0.1) is 0 Å². The van der Waals surface area contributed by atoms with Crippen molar-refractivity contribution in [2.45, 2.75) is 11.8 Å². The summed E-state index contributed by atoms with van der Waals surface area (Å²) in [5.41, 5.74) is 5.25. The quantitative estimate of drug-likeness (QED) is 0.562. The Kier molecular flexibility index (Phi) is 3.86. The molecule has 2 aromatic carbocycles. The van der Waals surface area contributed by atoms with Gasteiger partial charge in [0.15, 0.2) is 5.82 Å². The maximum Gasteiger partial charge on any atom is 0.158 e. The van der Waals surface area contributed by atoms with E-state index in [0.717, 1.165) is 34.9 Å². The van der Waals surface area contributed by atoms with Gasteiger partial charge in [-0.1, -0.05) is 54.6 Å². The summed E-state index contributed by atoms with van der Waals surface area (Å²) in [4.78, 5) is 7.50. The summed E-state index contributed by atoms with van der Waals surface area (Å²) in [6.07, 6.45) is 8.80. The van der Waals surface area contributed by atoms with Crippen LogP contribution in [0.25, 0.3) is 17.6 Å². The number of rotatable bonds is 4. The van der Waals surface area contributed by atoms with Crippen LogP contribution in [0.2, 0.25) is 0 Å². The van der Waals surface area contributed by atoms with Crippen LogP contribution in [-0.2, 0) is 11.8 Å². The van der Waals surface area contributed by atoms with Gasteiger partial charge in [-0.2, -0.15) is 5.10 Å². The first-order valence-electron chi connectivity index (χ1n) is 9.26. The molecule has 0 radical (unpaired) electrons. The summed E-state index contributed by atoms with van der Waals surface area (Å²) < 4.78 is 5.35. The second-order valence-corrected chi connectivity index (χ2v) is 6.98. The number of benzene rings is 2. The van der Waals surface area contributed by atoms with Crippen molar-refractivity contribution in [1.29, 1.82) is 0 Å². The molecule has 1 unspecified atom stereocenters.